The molecule has 37 heavy (non-hydrogen) atoms. The summed E-state index contributed by atoms with van der Waals surface area (Å²) in [6.45, 7) is 1.42. The van der Waals surface area contributed by atoms with Gasteiger partial charge in [0.05, 0.1) is 32.3 Å². The van der Waals surface area contributed by atoms with Gasteiger partial charge in [-0.05, 0) is 42.5 Å². The smallest absolute Gasteiger partial charge is 0.243 e. The number of methoxy groups -OCH3 is 2. The minimum absolute atomic E-state index is 0.196. The third kappa shape index (κ3) is 5.01. The van der Waals surface area contributed by atoms with Crippen LogP contribution in [0.1, 0.15) is 15.9 Å². The number of hydrogen-bond acceptors (Lipinski definition) is 8. The fraction of sp³-hybridized carbons (Fsp3) is 0.231. The van der Waals surface area contributed by atoms with E-state index in [9.17, 15) is 13.2 Å². The molecular formula is C26H26N4O6S. The number of nitrogens with zero attached hydrogens (tertiary/aromatic N) is 2. The second kappa shape index (κ2) is 10.2. The van der Waals surface area contributed by atoms with Crippen molar-refractivity contribution in [3.63, 3.8) is 0 Å². The van der Waals surface area contributed by atoms with Gasteiger partial charge in [-0.1, -0.05) is 6.07 Å². The predicted octanol–water partition coefficient (Wildman–Crippen LogP) is 3.58. The number of carbonyl (C=O) groups excluding carboxylic acids is 1. The quantitative estimate of drug-likeness (QED) is 0.337. The lowest BCUT2D eigenvalue weighted by Gasteiger charge is -2.26. The highest BCUT2D eigenvalue weighted by molar-refractivity contribution is 7.89. The van der Waals surface area contributed by atoms with Crippen molar-refractivity contribution >= 4 is 38.3 Å². The Hall–Kier alpha value is -3.93. The average Bonchev–Trinajstić information content (AvgIpc) is 3.36. The van der Waals surface area contributed by atoms with Gasteiger partial charge in [0.15, 0.2) is 5.78 Å². The Kier molecular flexibility index (Phi) is 6.83. The van der Waals surface area contributed by atoms with Crippen LogP contribution < -0.4 is 14.8 Å². The number of morpholine rings is 1. The largest absolute Gasteiger partial charge is 0.497 e. The van der Waals surface area contributed by atoms with E-state index >= 15 is 0 Å². The Bertz CT molecular complexity index is 1540. The van der Waals surface area contributed by atoms with Crippen molar-refractivity contribution in [1.82, 2.24) is 14.3 Å². The molecule has 0 aliphatic carbocycles. The van der Waals surface area contributed by atoms with E-state index in [-0.39, 0.29) is 10.7 Å². The van der Waals surface area contributed by atoms with Crippen molar-refractivity contribution < 1.29 is 27.4 Å². The molecule has 192 valence electrons. The molecule has 0 radical (unpaired) electrons. The van der Waals surface area contributed by atoms with Crippen molar-refractivity contribution in [2.24, 2.45) is 0 Å². The number of aromatic nitrogens is 2. The van der Waals surface area contributed by atoms with Gasteiger partial charge in [-0.3, -0.25) is 4.79 Å². The third-order valence-electron chi connectivity index (χ3n) is 6.11. The third-order valence-corrected chi connectivity index (χ3v) is 8.01. The fourth-order valence-electron chi connectivity index (χ4n) is 4.17. The fourth-order valence-corrected chi connectivity index (χ4v) is 5.63. The summed E-state index contributed by atoms with van der Waals surface area (Å²) < 4.78 is 43.3. The van der Waals surface area contributed by atoms with E-state index in [1.807, 2.05) is 0 Å². The number of carbonyl (C=O) groups is 1. The monoisotopic (exact) mass is 522 g/mol. The second-order valence-corrected chi connectivity index (χ2v) is 10.3. The molecular weight excluding hydrogens is 496 g/mol. The second-order valence-electron chi connectivity index (χ2n) is 8.39. The summed E-state index contributed by atoms with van der Waals surface area (Å²) in [5.41, 5.74) is 1.98. The number of hydrogen-bond donors (Lipinski definition) is 2. The zero-order valence-corrected chi connectivity index (χ0v) is 21.2. The van der Waals surface area contributed by atoms with Crippen LogP contribution in [0.4, 0.5) is 11.5 Å². The Morgan fingerprint density at radius 1 is 1.03 bits per heavy atom. The maximum Gasteiger partial charge on any atom is 0.243 e. The summed E-state index contributed by atoms with van der Waals surface area (Å²) in [7, 11) is -0.565. The number of anilines is 2. The zero-order valence-electron chi connectivity index (χ0n) is 20.4. The van der Waals surface area contributed by atoms with Crippen LogP contribution >= 0.6 is 0 Å². The summed E-state index contributed by atoms with van der Waals surface area (Å²) >= 11 is 0. The Balaban J connectivity index is 1.39. The number of pyridine rings is 1. The molecule has 1 aliphatic rings. The molecule has 5 rings (SSSR count). The van der Waals surface area contributed by atoms with Gasteiger partial charge in [-0.2, -0.15) is 4.31 Å². The van der Waals surface area contributed by atoms with Crippen LogP contribution in [-0.4, -0.2) is 69.0 Å². The lowest BCUT2D eigenvalue weighted by atomic mass is 10.0. The molecule has 0 unspecified atom stereocenters. The summed E-state index contributed by atoms with van der Waals surface area (Å²) in [6.07, 6.45) is 1.62. The van der Waals surface area contributed by atoms with Crippen molar-refractivity contribution in [1.29, 1.82) is 0 Å². The van der Waals surface area contributed by atoms with E-state index in [0.717, 1.165) is 0 Å². The SMILES string of the molecule is COc1cc(OC)cc(C(=O)c2c[nH]c3nc(Nc4cccc(S(=O)(=O)N5CCOCC5)c4)ccc23)c1. The minimum Gasteiger partial charge on any atom is -0.497 e. The Morgan fingerprint density at radius 3 is 2.46 bits per heavy atom. The van der Waals surface area contributed by atoms with Gasteiger partial charge in [0.1, 0.15) is 23.0 Å². The molecule has 0 atom stereocenters. The van der Waals surface area contributed by atoms with Crippen LogP contribution in [0.2, 0.25) is 0 Å². The van der Waals surface area contributed by atoms with Gasteiger partial charge in [-0.15, -0.1) is 0 Å². The predicted molar refractivity (Wildman–Crippen MR) is 138 cm³/mol. The summed E-state index contributed by atoms with van der Waals surface area (Å²) in [5.74, 6) is 1.33. The zero-order chi connectivity index (χ0) is 26.0. The van der Waals surface area contributed by atoms with E-state index in [4.69, 9.17) is 14.2 Å². The first-order valence-electron chi connectivity index (χ1n) is 11.6. The molecule has 11 heteroatoms. The molecule has 0 saturated carbocycles. The van der Waals surface area contributed by atoms with Gasteiger partial charge in [0, 0.05) is 47.6 Å². The van der Waals surface area contributed by atoms with Crippen LogP contribution in [0.25, 0.3) is 11.0 Å². The first-order valence-corrected chi connectivity index (χ1v) is 13.0. The summed E-state index contributed by atoms with van der Waals surface area (Å²) in [6, 6.07) is 15.1. The summed E-state index contributed by atoms with van der Waals surface area (Å²) in [4.78, 5) is 21.1. The Morgan fingerprint density at radius 2 is 1.76 bits per heavy atom. The normalized spacial score (nSPS) is 14.4. The van der Waals surface area contributed by atoms with Crippen LogP contribution in [-0.2, 0) is 14.8 Å². The van der Waals surface area contributed by atoms with Gasteiger partial charge in [0.25, 0.3) is 0 Å². The number of nitrogens with one attached hydrogen (secondary N) is 2. The number of ketones is 1. The van der Waals surface area contributed by atoms with Crippen LogP contribution in [0.3, 0.4) is 0 Å². The number of ether oxygens (including phenoxy) is 3. The lowest BCUT2D eigenvalue weighted by Crippen LogP contribution is -2.40. The number of sulfonamides is 1. The standard InChI is InChI=1S/C26H26N4O6S/c1-34-19-12-17(13-20(15-19)35-2)25(31)23-16-27-26-22(23)6-7-24(29-26)28-18-4-3-5-21(14-18)37(32,33)30-8-10-36-11-9-30/h3-7,12-16H,8-11H2,1-2H3,(H2,27,28,29). The molecule has 1 saturated heterocycles. The number of benzene rings is 2. The highest BCUT2D eigenvalue weighted by Crippen LogP contribution is 2.28. The highest BCUT2D eigenvalue weighted by Gasteiger charge is 2.26. The highest BCUT2D eigenvalue weighted by atomic mass is 32.2. The molecule has 4 aromatic rings. The summed E-state index contributed by atoms with van der Waals surface area (Å²) in [5, 5.41) is 3.81. The van der Waals surface area contributed by atoms with E-state index in [0.29, 0.717) is 71.5 Å². The molecule has 2 aromatic heterocycles. The molecule has 0 bridgehead atoms. The topological polar surface area (TPSA) is 123 Å². The van der Waals surface area contributed by atoms with Gasteiger partial charge in [0.2, 0.25) is 10.0 Å². The molecule has 3 heterocycles. The number of aromatic amines is 1. The van der Waals surface area contributed by atoms with Crippen LogP contribution in [0.5, 0.6) is 11.5 Å². The molecule has 0 spiro atoms. The molecule has 2 N–H and O–H groups in total. The van der Waals surface area contributed by atoms with Crippen LogP contribution in [0, 0.1) is 0 Å². The Labute approximate surface area is 214 Å². The van der Waals surface area contributed by atoms with Gasteiger partial charge >= 0.3 is 0 Å². The number of H-pyrrole nitrogens is 1. The first-order chi connectivity index (χ1) is 17.9. The lowest BCUT2D eigenvalue weighted by molar-refractivity contribution is 0.0730. The number of rotatable bonds is 8. The first kappa shape index (κ1) is 24.8. The van der Waals surface area contributed by atoms with E-state index in [1.165, 1.54) is 18.5 Å². The molecule has 1 aliphatic heterocycles. The average molecular weight is 523 g/mol. The van der Waals surface area contributed by atoms with E-state index in [1.54, 1.807) is 60.8 Å². The van der Waals surface area contributed by atoms with Crippen molar-refractivity contribution in [2.45, 2.75) is 4.90 Å². The maximum absolute atomic E-state index is 13.3. The van der Waals surface area contributed by atoms with Crippen molar-refractivity contribution in [3.8, 4) is 11.5 Å². The van der Waals surface area contributed by atoms with Crippen molar-refractivity contribution in [2.75, 3.05) is 45.8 Å². The number of fused-ring (bicyclic) bond motifs is 1. The van der Waals surface area contributed by atoms with Crippen LogP contribution in [0.15, 0.2) is 65.7 Å². The van der Waals surface area contributed by atoms with Gasteiger partial charge in [-0.25, -0.2) is 13.4 Å². The maximum atomic E-state index is 13.3. The minimum atomic E-state index is -3.62. The molecule has 10 nitrogen and oxygen atoms in total. The van der Waals surface area contributed by atoms with Crippen molar-refractivity contribution in [3.05, 3.63) is 71.9 Å². The van der Waals surface area contributed by atoms with E-state index < -0.39 is 10.0 Å². The molecule has 0 amide bonds. The molecule has 2 aromatic carbocycles. The molecule has 1 fully saturated rings. The van der Waals surface area contributed by atoms with E-state index in [2.05, 4.69) is 15.3 Å². The van der Waals surface area contributed by atoms with Gasteiger partial charge < -0.3 is 24.5 Å².